The maximum atomic E-state index is 14.9. The van der Waals surface area contributed by atoms with E-state index < -0.39 is 53.2 Å². The molecule has 0 radical (unpaired) electrons. The third-order valence-corrected chi connectivity index (χ3v) is 8.14. The summed E-state index contributed by atoms with van der Waals surface area (Å²) in [6.07, 6.45) is 8.29. The molecule has 0 aliphatic heterocycles. The number of esters is 1. The highest BCUT2D eigenvalue weighted by Gasteiger charge is 2.38. The minimum absolute atomic E-state index is 0.0444. The summed E-state index contributed by atoms with van der Waals surface area (Å²) < 4.78 is 11.3. The molecule has 0 fully saturated rings. The molecule has 3 N–H and O–H groups in total. The Labute approximate surface area is 314 Å². The Balaban J connectivity index is 2.15. The Kier molecular flexibility index (Phi) is 15.5. The van der Waals surface area contributed by atoms with Crippen LogP contribution >= 0.6 is 0 Å². The molecule has 3 amide bonds. The zero-order chi connectivity index (χ0) is 39.2. The van der Waals surface area contributed by atoms with Crippen molar-refractivity contribution in [1.82, 2.24) is 15.5 Å². The SMILES string of the molecule is C#Cc1ccc(C(C(=O)NC(Cc2ccccc2)C(=O)OC(C)(C)C)N(CCCCCC)C(=O)C(Cc2ccc(O)cc2)NC(=O)OC(C)(C)C)cc1. The summed E-state index contributed by atoms with van der Waals surface area (Å²) in [7, 11) is 0. The van der Waals surface area contributed by atoms with E-state index in [1.54, 1.807) is 77.9 Å². The van der Waals surface area contributed by atoms with Crippen molar-refractivity contribution < 1.29 is 33.8 Å². The Morgan fingerprint density at radius 3 is 1.91 bits per heavy atom. The second-order valence-electron chi connectivity index (χ2n) is 15.1. The average molecular weight is 726 g/mol. The van der Waals surface area contributed by atoms with Gasteiger partial charge in [0.2, 0.25) is 11.8 Å². The Morgan fingerprint density at radius 1 is 0.755 bits per heavy atom. The quantitative estimate of drug-likeness (QED) is 0.0821. The van der Waals surface area contributed by atoms with Gasteiger partial charge in [-0.2, -0.15) is 0 Å². The summed E-state index contributed by atoms with van der Waals surface area (Å²) in [4.78, 5) is 58.0. The molecule has 3 rings (SSSR count). The van der Waals surface area contributed by atoms with Crippen LogP contribution in [0, 0.1) is 12.3 Å². The first-order valence-corrected chi connectivity index (χ1v) is 18.2. The van der Waals surface area contributed by atoms with E-state index in [-0.39, 0.29) is 25.1 Å². The van der Waals surface area contributed by atoms with Gasteiger partial charge in [0.15, 0.2) is 0 Å². The van der Waals surface area contributed by atoms with Gasteiger partial charge in [-0.3, -0.25) is 9.59 Å². The minimum atomic E-state index is -1.22. The molecule has 10 heteroatoms. The van der Waals surface area contributed by atoms with Gasteiger partial charge in [0.05, 0.1) is 0 Å². The molecule has 0 saturated carbocycles. The van der Waals surface area contributed by atoms with Gasteiger partial charge in [-0.15, -0.1) is 6.42 Å². The van der Waals surface area contributed by atoms with Crippen molar-refractivity contribution in [3.05, 3.63) is 101 Å². The van der Waals surface area contributed by atoms with Crippen molar-refractivity contribution in [3.8, 4) is 18.1 Å². The van der Waals surface area contributed by atoms with Gasteiger partial charge in [0.1, 0.15) is 35.1 Å². The van der Waals surface area contributed by atoms with Crippen molar-refractivity contribution >= 4 is 23.9 Å². The van der Waals surface area contributed by atoms with Crippen LogP contribution in [0.4, 0.5) is 4.79 Å². The molecule has 0 saturated heterocycles. The number of rotatable bonds is 16. The predicted octanol–water partition coefficient (Wildman–Crippen LogP) is 7.03. The number of hydrogen-bond donors (Lipinski definition) is 3. The molecular formula is C43H55N3O7. The molecule has 0 aromatic heterocycles. The van der Waals surface area contributed by atoms with Gasteiger partial charge >= 0.3 is 12.1 Å². The Morgan fingerprint density at radius 2 is 1.34 bits per heavy atom. The van der Waals surface area contributed by atoms with Crippen LogP contribution in [-0.2, 0) is 36.7 Å². The summed E-state index contributed by atoms with van der Waals surface area (Å²) in [5.41, 5.74) is 0.857. The largest absolute Gasteiger partial charge is 0.508 e. The second-order valence-corrected chi connectivity index (χ2v) is 15.1. The highest BCUT2D eigenvalue weighted by Crippen LogP contribution is 2.26. The van der Waals surface area contributed by atoms with Crippen LogP contribution in [0.25, 0.3) is 0 Å². The number of terminal acetylenes is 1. The lowest BCUT2D eigenvalue weighted by Crippen LogP contribution is -2.55. The fourth-order valence-electron chi connectivity index (χ4n) is 5.69. The fraction of sp³-hybridized carbons (Fsp3) is 0.442. The van der Waals surface area contributed by atoms with Crippen LogP contribution in [0.2, 0.25) is 0 Å². The number of nitrogens with zero attached hydrogens (tertiary/aromatic N) is 1. The number of unbranched alkanes of at least 4 members (excludes halogenated alkanes) is 3. The Bertz CT molecular complexity index is 1690. The summed E-state index contributed by atoms with van der Waals surface area (Å²) in [5, 5.41) is 15.6. The number of hydrogen-bond acceptors (Lipinski definition) is 7. The van der Waals surface area contributed by atoms with Gasteiger partial charge < -0.3 is 30.1 Å². The third-order valence-electron chi connectivity index (χ3n) is 8.14. The molecule has 0 spiro atoms. The predicted molar refractivity (Wildman–Crippen MR) is 206 cm³/mol. The fourth-order valence-corrected chi connectivity index (χ4v) is 5.69. The molecule has 3 aromatic carbocycles. The number of amides is 3. The molecule has 3 atom stereocenters. The van der Waals surface area contributed by atoms with E-state index in [2.05, 4.69) is 23.5 Å². The lowest BCUT2D eigenvalue weighted by molar-refractivity contribution is -0.159. The first-order valence-electron chi connectivity index (χ1n) is 18.2. The number of carbonyl (C=O) groups excluding carboxylic acids is 4. The molecule has 0 heterocycles. The maximum Gasteiger partial charge on any atom is 0.408 e. The number of phenolic OH excluding ortho intramolecular Hbond substituents is 1. The average Bonchev–Trinajstić information content (AvgIpc) is 3.08. The number of nitrogens with one attached hydrogen (secondary N) is 2. The lowest BCUT2D eigenvalue weighted by Gasteiger charge is -2.35. The first kappa shape index (κ1) is 42.1. The van der Waals surface area contributed by atoms with Crippen LogP contribution in [0.1, 0.15) is 102 Å². The number of alkyl carbamates (subject to hydrolysis) is 1. The first-order chi connectivity index (χ1) is 25.0. The van der Waals surface area contributed by atoms with E-state index in [1.807, 2.05) is 30.3 Å². The van der Waals surface area contributed by atoms with Gasteiger partial charge in [-0.1, -0.05) is 86.7 Å². The van der Waals surface area contributed by atoms with Crippen LogP contribution in [-0.4, -0.2) is 63.7 Å². The van der Waals surface area contributed by atoms with Gasteiger partial charge in [0.25, 0.3) is 0 Å². The van der Waals surface area contributed by atoms with E-state index in [0.717, 1.165) is 24.8 Å². The number of benzene rings is 3. The zero-order valence-corrected chi connectivity index (χ0v) is 32.1. The van der Waals surface area contributed by atoms with Crippen LogP contribution < -0.4 is 10.6 Å². The molecule has 0 bridgehead atoms. The summed E-state index contributed by atoms with van der Waals surface area (Å²) in [5.74, 6) is 0.891. The number of phenols is 1. The van der Waals surface area contributed by atoms with Crippen molar-refractivity contribution in [2.45, 2.75) is 116 Å². The molecule has 10 nitrogen and oxygen atoms in total. The third kappa shape index (κ3) is 14.3. The molecule has 3 unspecified atom stereocenters. The smallest absolute Gasteiger partial charge is 0.408 e. The molecule has 53 heavy (non-hydrogen) atoms. The van der Waals surface area contributed by atoms with E-state index in [1.165, 1.54) is 17.0 Å². The maximum absolute atomic E-state index is 14.9. The Hall–Kier alpha value is -5.30. The van der Waals surface area contributed by atoms with Gasteiger partial charge in [-0.25, -0.2) is 9.59 Å². The number of aromatic hydroxyl groups is 1. The van der Waals surface area contributed by atoms with Gasteiger partial charge in [-0.05, 0) is 88.9 Å². The topological polar surface area (TPSA) is 134 Å². The molecule has 3 aromatic rings. The monoisotopic (exact) mass is 725 g/mol. The summed E-state index contributed by atoms with van der Waals surface area (Å²) >= 11 is 0. The number of carbonyl (C=O) groups is 4. The highest BCUT2D eigenvalue weighted by molar-refractivity contribution is 5.94. The van der Waals surface area contributed by atoms with Crippen LogP contribution in [0.3, 0.4) is 0 Å². The van der Waals surface area contributed by atoms with Crippen LogP contribution in [0.5, 0.6) is 5.75 Å². The second kappa shape index (κ2) is 19.5. The van der Waals surface area contributed by atoms with Crippen molar-refractivity contribution in [2.24, 2.45) is 0 Å². The van der Waals surface area contributed by atoms with Gasteiger partial charge in [0, 0.05) is 24.9 Å². The zero-order valence-electron chi connectivity index (χ0n) is 32.1. The molecule has 0 aliphatic carbocycles. The number of ether oxygens (including phenoxy) is 2. The van der Waals surface area contributed by atoms with E-state index in [4.69, 9.17) is 15.9 Å². The molecular weight excluding hydrogens is 670 g/mol. The minimum Gasteiger partial charge on any atom is -0.508 e. The van der Waals surface area contributed by atoms with E-state index >= 15 is 0 Å². The molecule has 0 aliphatic rings. The van der Waals surface area contributed by atoms with E-state index in [0.29, 0.717) is 23.1 Å². The van der Waals surface area contributed by atoms with Crippen LogP contribution in [0.15, 0.2) is 78.9 Å². The normalized spacial score (nSPS) is 13.1. The van der Waals surface area contributed by atoms with E-state index in [9.17, 15) is 24.3 Å². The summed E-state index contributed by atoms with van der Waals surface area (Å²) in [6, 6.07) is 18.9. The molecule has 284 valence electrons. The lowest BCUT2D eigenvalue weighted by atomic mass is 9.98. The van der Waals surface area contributed by atoms with Crippen molar-refractivity contribution in [2.75, 3.05) is 6.54 Å². The highest BCUT2D eigenvalue weighted by atomic mass is 16.6. The standard InChI is InChI=1S/C43H55N3O7/c1-9-11-12-16-27-46(39(49)35(45-41(51)53-43(6,7)8)28-32-21-25-34(47)26-22-32)37(33-23-19-30(10-2)20-24-33)38(48)44-36(40(50)52-42(3,4)5)29-31-17-14-13-15-18-31/h2,13-15,17-26,35-37,47H,9,11-12,16,27-29H2,1,3-8H3,(H,44,48)(H,45,51). The van der Waals surface area contributed by atoms with Crippen molar-refractivity contribution in [1.29, 1.82) is 0 Å². The van der Waals surface area contributed by atoms with Crippen molar-refractivity contribution in [3.63, 3.8) is 0 Å². The summed E-state index contributed by atoms with van der Waals surface area (Å²) in [6.45, 7) is 12.7.